The lowest BCUT2D eigenvalue weighted by atomic mass is 10.2. The molecule has 1 aromatic carbocycles. The van der Waals surface area contributed by atoms with Gasteiger partial charge in [-0.2, -0.15) is 0 Å². The average Bonchev–Trinajstić information content (AvgIpc) is 2.51. The molecule has 0 unspecified atom stereocenters. The van der Waals surface area contributed by atoms with Crippen molar-refractivity contribution in [1.29, 1.82) is 0 Å². The zero-order valence-electron chi connectivity index (χ0n) is 12.1. The maximum atomic E-state index is 11.9. The first-order valence-corrected chi connectivity index (χ1v) is 7.64. The summed E-state index contributed by atoms with van der Waals surface area (Å²) in [6, 6.07) is 6.81. The molecule has 0 bridgehead atoms. The van der Waals surface area contributed by atoms with E-state index in [4.69, 9.17) is 12.2 Å². The largest absolute Gasteiger partial charge is 0.463 e. The third-order valence-electron chi connectivity index (χ3n) is 2.30. The van der Waals surface area contributed by atoms with Crippen molar-refractivity contribution in [2.45, 2.75) is 6.92 Å². The van der Waals surface area contributed by atoms with Crippen molar-refractivity contribution in [2.24, 2.45) is 0 Å². The van der Waals surface area contributed by atoms with Crippen molar-refractivity contribution in [3.8, 4) is 0 Å². The third kappa shape index (κ3) is 7.02. The van der Waals surface area contributed by atoms with E-state index in [9.17, 15) is 14.4 Å². The summed E-state index contributed by atoms with van der Waals surface area (Å²) in [7, 11) is 0. The van der Waals surface area contributed by atoms with Crippen LogP contribution in [0.25, 0.3) is 0 Å². The quantitative estimate of drug-likeness (QED) is 0.304. The van der Waals surface area contributed by atoms with E-state index < -0.39 is 17.8 Å². The Balaban J connectivity index is 2.42. The second-order valence-electron chi connectivity index (χ2n) is 3.96. The van der Waals surface area contributed by atoms with Crippen LogP contribution >= 0.6 is 28.1 Å². The lowest BCUT2D eigenvalue weighted by Crippen LogP contribution is -2.48. The van der Waals surface area contributed by atoms with Crippen molar-refractivity contribution in [1.82, 2.24) is 16.2 Å². The highest BCUT2D eigenvalue weighted by Crippen LogP contribution is 2.14. The van der Waals surface area contributed by atoms with Crippen molar-refractivity contribution in [3.63, 3.8) is 0 Å². The number of hydrogen-bond acceptors (Lipinski definition) is 5. The van der Waals surface area contributed by atoms with Crippen LogP contribution in [0.3, 0.4) is 0 Å². The summed E-state index contributed by atoms with van der Waals surface area (Å²) in [5, 5.41) is 2.14. The SMILES string of the molecule is CCOC(=O)C=CC(=O)NC(=S)NNC(=O)c1ccccc1Br. The molecule has 0 aliphatic carbocycles. The number of thiocarbonyl (C=S) groups is 1. The molecule has 0 saturated carbocycles. The number of benzene rings is 1. The molecule has 0 fully saturated rings. The lowest BCUT2D eigenvalue weighted by molar-refractivity contribution is -0.137. The number of amides is 2. The number of ether oxygens (including phenoxy) is 1. The predicted octanol–water partition coefficient (Wildman–Crippen LogP) is 1.20. The Morgan fingerprint density at radius 1 is 1.22 bits per heavy atom. The lowest BCUT2D eigenvalue weighted by Gasteiger charge is -2.10. The van der Waals surface area contributed by atoms with E-state index in [1.165, 1.54) is 0 Å². The Morgan fingerprint density at radius 3 is 2.57 bits per heavy atom. The summed E-state index contributed by atoms with van der Waals surface area (Å²) < 4.78 is 5.24. The molecule has 0 spiro atoms. The van der Waals surface area contributed by atoms with Gasteiger partial charge in [-0.15, -0.1) is 0 Å². The highest BCUT2D eigenvalue weighted by molar-refractivity contribution is 9.10. The molecule has 2 amide bonds. The first kappa shape index (κ1) is 18.8. The van der Waals surface area contributed by atoms with E-state index in [2.05, 4.69) is 36.8 Å². The molecular weight excluding hydrogens is 386 g/mol. The first-order chi connectivity index (χ1) is 10.9. The zero-order chi connectivity index (χ0) is 17.2. The second kappa shape index (κ2) is 9.70. The Bertz CT molecular complexity index is 649. The summed E-state index contributed by atoms with van der Waals surface area (Å²) in [5.41, 5.74) is 5.12. The van der Waals surface area contributed by atoms with Crippen molar-refractivity contribution >= 4 is 51.0 Å². The molecule has 0 heterocycles. The third-order valence-corrected chi connectivity index (χ3v) is 3.20. The fourth-order valence-electron chi connectivity index (χ4n) is 1.35. The molecule has 122 valence electrons. The second-order valence-corrected chi connectivity index (χ2v) is 5.23. The highest BCUT2D eigenvalue weighted by Gasteiger charge is 2.09. The van der Waals surface area contributed by atoms with Crippen LogP contribution in [0.5, 0.6) is 0 Å². The molecule has 0 aliphatic rings. The monoisotopic (exact) mass is 399 g/mol. The number of esters is 1. The van der Waals surface area contributed by atoms with Gasteiger partial charge in [0.25, 0.3) is 5.91 Å². The topological polar surface area (TPSA) is 96.5 Å². The first-order valence-electron chi connectivity index (χ1n) is 6.44. The van der Waals surface area contributed by atoms with Crippen LogP contribution in [-0.2, 0) is 14.3 Å². The van der Waals surface area contributed by atoms with Gasteiger partial charge in [0.2, 0.25) is 5.91 Å². The van der Waals surface area contributed by atoms with Gasteiger partial charge in [0.15, 0.2) is 5.11 Å². The molecule has 0 atom stereocenters. The number of hydrazine groups is 1. The molecule has 7 nitrogen and oxygen atoms in total. The van der Waals surface area contributed by atoms with Crippen LogP contribution in [-0.4, -0.2) is 29.5 Å². The number of nitrogens with one attached hydrogen (secondary N) is 3. The number of halogens is 1. The molecule has 0 saturated heterocycles. The van der Waals surface area contributed by atoms with Crippen LogP contribution in [0.4, 0.5) is 0 Å². The molecule has 3 N–H and O–H groups in total. The number of rotatable bonds is 4. The fraction of sp³-hybridized carbons (Fsp3) is 0.143. The van der Waals surface area contributed by atoms with Gasteiger partial charge in [0.05, 0.1) is 12.2 Å². The van der Waals surface area contributed by atoms with Gasteiger partial charge < -0.3 is 4.74 Å². The predicted molar refractivity (Wildman–Crippen MR) is 91.3 cm³/mol. The minimum Gasteiger partial charge on any atom is -0.463 e. The van der Waals surface area contributed by atoms with Crippen molar-refractivity contribution < 1.29 is 19.1 Å². The Labute approximate surface area is 146 Å². The van der Waals surface area contributed by atoms with Crippen LogP contribution in [0.2, 0.25) is 0 Å². The fourth-order valence-corrected chi connectivity index (χ4v) is 1.96. The number of carbonyl (C=O) groups is 3. The van der Waals surface area contributed by atoms with Gasteiger partial charge in [0, 0.05) is 16.6 Å². The van der Waals surface area contributed by atoms with E-state index in [1.807, 2.05) is 0 Å². The maximum Gasteiger partial charge on any atom is 0.330 e. The molecule has 1 rings (SSSR count). The highest BCUT2D eigenvalue weighted by atomic mass is 79.9. The molecular formula is C14H14BrN3O4S. The van der Waals surface area contributed by atoms with Crippen molar-refractivity contribution in [2.75, 3.05) is 6.61 Å². The average molecular weight is 400 g/mol. The standard InChI is InChI=1S/C14H14BrN3O4S/c1-2-22-12(20)8-7-11(19)16-14(23)18-17-13(21)9-5-3-4-6-10(9)15/h3-8H,2H2,1H3,(H,17,21)(H2,16,18,19,23). The van der Waals surface area contributed by atoms with Crippen LogP contribution < -0.4 is 16.2 Å². The smallest absolute Gasteiger partial charge is 0.330 e. The van der Waals surface area contributed by atoms with Gasteiger partial charge in [0.1, 0.15) is 0 Å². The summed E-state index contributed by atoms with van der Waals surface area (Å²) in [4.78, 5) is 34.4. The Kier molecular flexibility index (Phi) is 7.92. The van der Waals surface area contributed by atoms with E-state index in [1.54, 1.807) is 31.2 Å². The zero-order valence-corrected chi connectivity index (χ0v) is 14.5. The number of hydrogen-bond donors (Lipinski definition) is 3. The Morgan fingerprint density at radius 2 is 1.91 bits per heavy atom. The summed E-state index contributed by atoms with van der Waals surface area (Å²) >= 11 is 8.09. The van der Waals surface area contributed by atoms with Crippen LogP contribution in [0, 0.1) is 0 Å². The van der Waals surface area contributed by atoms with E-state index in [0.717, 1.165) is 12.2 Å². The van der Waals surface area contributed by atoms with Gasteiger partial charge >= 0.3 is 5.97 Å². The van der Waals surface area contributed by atoms with Gasteiger partial charge in [-0.25, -0.2) is 4.79 Å². The minimum absolute atomic E-state index is 0.121. The molecule has 23 heavy (non-hydrogen) atoms. The Hall–Kier alpha value is -2.26. The van der Waals surface area contributed by atoms with Gasteiger partial charge in [-0.05, 0) is 47.2 Å². The minimum atomic E-state index is -0.635. The summed E-state index contributed by atoms with van der Waals surface area (Å²) in [6.45, 7) is 1.87. The number of carbonyl (C=O) groups excluding carboxylic acids is 3. The van der Waals surface area contributed by atoms with E-state index in [0.29, 0.717) is 10.0 Å². The molecule has 9 heteroatoms. The maximum absolute atomic E-state index is 11.9. The molecule has 0 aliphatic heterocycles. The van der Waals surface area contributed by atoms with E-state index >= 15 is 0 Å². The molecule has 1 aromatic rings. The normalized spacial score (nSPS) is 10.0. The van der Waals surface area contributed by atoms with E-state index in [-0.39, 0.29) is 11.7 Å². The van der Waals surface area contributed by atoms with Crippen molar-refractivity contribution in [3.05, 3.63) is 46.5 Å². The summed E-state index contributed by atoms with van der Waals surface area (Å²) in [5.74, 6) is -1.70. The molecule has 0 radical (unpaired) electrons. The van der Waals surface area contributed by atoms with Crippen LogP contribution in [0.15, 0.2) is 40.9 Å². The van der Waals surface area contributed by atoms with Gasteiger partial charge in [-0.1, -0.05) is 12.1 Å². The summed E-state index contributed by atoms with van der Waals surface area (Å²) in [6.07, 6.45) is 1.95. The van der Waals surface area contributed by atoms with Crippen LogP contribution in [0.1, 0.15) is 17.3 Å². The van der Waals surface area contributed by atoms with Gasteiger partial charge in [-0.3, -0.25) is 25.8 Å². The molecule has 0 aromatic heterocycles.